The number of carbonyl (C=O) groups is 13. The van der Waals surface area contributed by atoms with Gasteiger partial charge in [-0.05, 0) is 132 Å². The molecular weight excluding hydrogens is 1640 g/mol. The number of aromatic hydroxyl groups is 1. The molecule has 0 bridgehead atoms. The van der Waals surface area contributed by atoms with Crippen LogP contribution in [-0.2, 0) is 102 Å². The molecule has 34 nitrogen and oxygen atoms in total. The molecule has 12 amide bonds. The molecule has 0 radical (unpaired) electrons. The number of halogens is 1. The highest BCUT2D eigenvalue weighted by atomic mass is 35.5. The number of hydrogen-bond donors (Lipinski definition) is 12. The van der Waals surface area contributed by atoms with Crippen LogP contribution in [0, 0.1) is 5.92 Å². The van der Waals surface area contributed by atoms with Crippen LogP contribution in [0.25, 0.3) is 10.9 Å². The zero-order valence-electron chi connectivity index (χ0n) is 71.8. The third-order valence-corrected chi connectivity index (χ3v) is 24.9. The number of nitrogens with one attached hydrogen (secondary N) is 8. The van der Waals surface area contributed by atoms with Crippen LogP contribution in [-0.4, -0.2) is 262 Å². The topological polar surface area (TPSA) is 471 Å². The lowest BCUT2D eigenvalue weighted by Crippen LogP contribution is -2.63. The molecule has 0 aliphatic carbocycles. The summed E-state index contributed by atoms with van der Waals surface area (Å²) in [6.07, 6.45) is -2.42. The van der Waals surface area contributed by atoms with Crippen molar-refractivity contribution in [2.24, 2.45) is 11.7 Å². The third kappa shape index (κ3) is 25.0. The molecule has 0 spiro atoms. The van der Waals surface area contributed by atoms with Gasteiger partial charge in [0.1, 0.15) is 82.7 Å². The molecule has 4 aromatic carbocycles. The second-order valence-corrected chi connectivity index (χ2v) is 33.9. The Morgan fingerprint density at radius 3 is 2.10 bits per heavy atom. The number of benzene rings is 4. The van der Waals surface area contributed by atoms with Gasteiger partial charge in [0.25, 0.3) is 0 Å². The first-order chi connectivity index (χ1) is 58.9. The fraction of sp³-hybridized carbons (Fsp3) is 0.511. The van der Waals surface area contributed by atoms with Gasteiger partial charge in [-0.3, -0.25) is 63.0 Å². The summed E-state index contributed by atoms with van der Waals surface area (Å²) < 4.78 is 29.2. The molecule has 4 aliphatic rings. The number of likely N-dealkylation sites (N-methyl/N-ethyl adjacent to an activating group) is 2. The number of amides is 12. The minimum absolute atomic E-state index is 0.00534. The van der Waals surface area contributed by atoms with E-state index in [1.165, 1.54) is 78.4 Å². The number of unbranched alkanes of at least 4 members (excludes halogenated alkanes) is 1. The Labute approximate surface area is 729 Å². The smallest absolute Gasteiger partial charge is 0.409 e. The largest absolute Gasteiger partial charge is 0.508 e. The Morgan fingerprint density at radius 1 is 0.782 bits per heavy atom. The summed E-state index contributed by atoms with van der Waals surface area (Å²) in [6, 6.07) is 14.6. The Morgan fingerprint density at radius 2 is 1.43 bits per heavy atom. The second kappa shape index (κ2) is 44.1. The van der Waals surface area contributed by atoms with Crippen molar-refractivity contribution in [3.8, 4) is 11.5 Å². The number of aromatic nitrogens is 1. The highest BCUT2D eigenvalue weighted by molar-refractivity contribution is 8.00. The van der Waals surface area contributed by atoms with E-state index >= 15 is 14.4 Å². The number of imide groups is 1. The van der Waals surface area contributed by atoms with Crippen LogP contribution < -0.4 is 52.6 Å². The predicted octanol–water partition coefficient (Wildman–Crippen LogP) is 4.38. The molecule has 36 heteroatoms. The summed E-state index contributed by atoms with van der Waals surface area (Å²) in [6.45, 7) is 13.3. The first kappa shape index (κ1) is 96.9. The number of alkyl carbamates (subject to hydrolysis) is 1. The number of H-pyrrole nitrogens is 1. The predicted molar refractivity (Wildman–Crippen MR) is 462 cm³/mol. The third-order valence-electron chi connectivity index (χ3n) is 23.3. The van der Waals surface area contributed by atoms with Gasteiger partial charge in [-0.25, -0.2) is 9.59 Å². The Kier molecular flexibility index (Phi) is 34.4. The zero-order valence-corrected chi connectivity index (χ0v) is 73.3. The highest BCUT2D eigenvalue weighted by Crippen LogP contribution is 2.49. The highest BCUT2D eigenvalue weighted by Gasteiger charge is 2.65. The Balaban J connectivity index is 0.857. The van der Waals surface area contributed by atoms with E-state index in [0.717, 1.165) is 37.6 Å². The number of thioether (sulfide) groups is 1. The average Bonchev–Trinajstić information content (AvgIpc) is 1.57. The van der Waals surface area contributed by atoms with E-state index in [2.05, 4.69) is 48.8 Å². The normalized spacial score (nSPS) is 24.2. The number of allylic oxidation sites excluding steroid dienone is 3. The van der Waals surface area contributed by atoms with Crippen molar-refractivity contribution in [2.75, 3.05) is 65.6 Å². The maximum absolute atomic E-state index is 15.3. The van der Waals surface area contributed by atoms with Crippen LogP contribution in [0.5, 0.6) is 11.5 Å². The Bertz CT molecular complexity index is 4730. The number of aromatic amines is 1. The maximum Gasteiger partial charge on any atom is 0.409 e. The van der Waals surface area contributed by atoms with Gasteiger partial charge in [-0.2, -0.15) is 0 Å². The summed E-state index contributed by atoms with van der Waals surface area (Å²) in [5.41, 5.74) is 6.93. The minimum atomic E-state index is -1.82. The van der Waals surface area contributed by atoms with Gasteiger partial charge >= 0.3 is 12.1 Å². The van der Waals surface area contributed by atoms with Crippen molar-refractivity contribution in [2.45, 2.75) is 221 Å². The number of anilines is 1. The van der Waals surface area contributed by atoms with E-state index in [-0.39, 0.29) is 87.5 Å². The number of ether oxygens (including phenoxy) is 5. The molecule has 124 heavy (non-hydrogen) atoms. The molecule has 1 unspecified atom stereocenters. The number of nitrogens with zero attached hydrogens (tertiary/aromatic N) is 4. The van der Waals surface area contributed by atoms with Gasteiger partial charge in [0, 0.05) is 115 Å². The van der Waals surface area contributed by atoms with E-state index in [4.69, 9.17) is 41.0 Å². The first-order valence-corrected chi connectivity index (χ1v) is 42.9. The number of aliphatic hydroxyl groups is 2. The lowest BCUT2D eigenvalue weighted by atomic mass is 9.84. The number of rotatable bonds is 37. The van der Waals surface area contributed by atoms with Crippen LogP contribution in [0.1, 0.15) is 128 Å². The van der Waals surface area contributed by atoms with Gasteiger partial charge in [0.05, 0.1) is 36.7 Å². The van der Waals surface area contributed by atoms with E-state index < -0.39 is 192 Å². The summed E-state index contributed by atoms with van der Waals surface area (Å²) in [4.78, 5) is 195. The van der Waals surface area contributed by atoms with E-state index in [0.29, 0.717) is 58.3 Å². The molecule has 9 rings (SSSR count). The van der Waals surface area contributed by atoms with Crippen LogP contribution in [0.2, 0.25) is 5.02 Å². The van der Waals surface area contributed by atoms with Crippen molar-refractivity contribution in [1.82, 2.24) is 56.9 Å². The fourth-order valence-electron chi connectivity index (χ4n) is 15.5. The van der Waals surface area contributed by atoms with Gasteiger partial charge in [-0.1, -0.05) is 103 Å². The van der Waals surface area contributed by atoms with Crippen LogP contribution >= 0.6 is 23.4 Å². The lowest BCUT2D eigenvalue weighted by Gasteiger charge is -2.41. The molecule has 5 aromatic rings. The van der Waals surface area contributed by atoms with Crippen LogP contribution in [0.4, 0.5) is 10.5 Å². The molecule has 1 aromatic heterocycles. The van der Waals surface area contributed by atoms with E-state index in [1.54, 1.807) is 81.6 Å². The zero-order chi connectivity index (χ0) is 90.6. The summed E-state index contributed by atoms with van der Waals surface area (Å²) >= 11 is 7.92. The van der Waals surface area contributed by atoms with Crippen molar-refractivity contribution >= 4 is 117 Å². The minimum Gasteiger partial charge on any atom is -0.508 e. The number of esters is 1. The number of methoxy groups -OCH3 is 2. The summed E-state index contributed by atoms with van der Waals surface area (Å²) in [5, 5.41) is 51.7. The molecular formula is C88H116ClN13O21S. The van der Waals surface area contributed by atoms with Crippen molar-refractivity contribution in [3.05, 3.63) is 149 Å². The summed E-state index contributed by atoms with van der Waals surface area (Å²) in [5.74, 6) is -9.51. The molecule has 16 atom stereocenters. The molecule has 4 fully saturated rings. The van der Waals surface area contributed by atoms with E-state index in [9.17, 15) is 63.3 Å². The maximum atomic E-state index is 15.3. The van der Waals surface area contributed by atoms with Gasteiger partial charge < -0.3 is 96.3 Å². The monoisotopic (exact) mass is 1760 g/mol. The number of para-hydroxylation sites is 1. The number of hydrogen-bond acceptors (Lipinski definition) is 23. The fourth-order valence-corrected chi connectivity index (χ4v) is 16.9. The number of cyclic esters (lactones) is 1. The van der Waals surface area contributed by atoms with Crippen molar-refractivity contribution in [3.63, 3.8) is 0 Å². The molecule has 672 valence electrons. The van der Waals surface area contributed by atoms with Crippen LogP contribution in [0.15, 0.2) is 121 Å². The van der Waals surface area contributed by atoms with Crippen molar-refractivity contribution < 1.29 is 101 Å². The molecule has 13 N–H and O–H groups in total. The number of fused-ring (bicyclic) bond motifs is 1. The number of likely N-dealkylation sites (tertiary alicyclic amines) is 1. The number of carbonyl (C=O) groups excluding carboxylic acids is 13. The molecule has 0 saturated carbocycles. The van der Waals surface area contributed by atoms with Crippen molar-refractivity contribution in [1.29, 1.82) is 0 Å². The van der Waals surface area contributed by atoms with Crippen LogP contribution in [0.3, 0.4) is 0 Å². The Hall–Kier alpha value is -11.0. The summed E-state index contributed by atoms with van der Waals surface area (Å²) in [7, 11) is 6.99. The number of phenolic OH excluding ortho intramolecular Hbond substituents is 1. The molecule has 4 aliphatic heterocycles. The van der Waals surface area contributed by atoms with E-state index in [1.807, 2.05) is 31.2 Å². The lowest BCUT2D eigenvalue weighted by molar-refractivity contribution is -0.162. The second-order valence-electron chi connectivity index (χ2n) is 32.3. The average molecular weight is 1760 g/mol. The SMILES string of the molecule is C=C/C=C(\C)Cc1cc(OC)c(Cl)c(N(C)C(=O)C[C@H](OC(=O)[C@H](C)N(C)C(=O)CCSC2CC(=O)N(CCCNC(=O)CC[C@H]3C(=O)N[C@@H](Cc4ccc(O)cc4)C(=O)N[C@H](Cc4c[nH]c5ccccc45)C(=O)N[C@@H](CCCCN)C(=O)N[C@@H]([C@@H](C)O)C(=O)N[C@@H](Cc4ccccc4)C(=O)N3C)C2=O)[C@]2(C)O[C@H]2[C@H](C)[C@@H]2C[C@](O)([C@@H](C)OC)NC(=O)O2)c1. The van der Waals surface area contributed by atoms with Gasteiger partial charge in [0.15, 0.2) is 5.72 Å². The number of aliphatic hydroxyl groups excluding tert-OH is 1. The number of phenols is 1. The number of nitrogens with two attached hydrogens (primary N) is 1. The van der Waals surface area contributed by atoms with Gasteiger partial charge in [0.2, 0.25) is 65.0 Å². The number of epoxide rings is 1. The van der Waals surface area contributed by atoms with Gasteiger partial charge in [-0.15, -0.1) is 11.8 Å². The standard InChI is InChI=1S/C88H116ClN13O21S/c1-13-22-49(2)39-56-42-66(75(89)67(43-56)120-12)100(9)73(107)46-70(87(7)77(123-87)50(3)68-47-88(118,53(6)119-11)98-86(117)121-68)122-85(116)51(4)99(8)72(106)34-38-124-69-45-74(108)102(84(69)115)37-21-36-91-71(105)33-32-65-81(112)95-62(40-55-28-30-58(104)31-29-55)79(110)94-63(44-57-48-92-60-26-18-17-25-59(57)60)80(111)93-61(27-19-20-35-90)78(109)97-76(52(5)103)82(113)96-64(83(114)101(65)10)41-54-23-15-14-16-24-54/h13-18,22-26,28-31,42-43,48,50-53,61-65,68-70,76-77,92,103-104,118H,1,19-21,27,32-41,44-47,90H2,2-12H3,(H,91,105)(H,93,111)(H,94,110)(H,95,112)(H,96,113)(H,97,109)(H,98,117)/b49-22+/t50-,51+,52-,53-,61+,62+,63-,64+,65+,68+,69?,70+,76+,77+,87+,88+/m1/s1. The first-order valence-electron chi connectivity index (χ1n) is 41.5. The molecule has 4 saturated heterocycles. The molecule has 5 heterocycles. The quantitative estimate of drug-likeness (QED) is 0.00863.